The fourth-order valence-electron chi connectivity index (χ4n) is 3.39. The van der Waals surface area contributed by atoms with Gasteiger partial charge in [0.1, 0.15) is 16.5 Å². The molecule has 0 radical (unpaired) electrons. The van der Waals surface area contributed by atoms with Crippen molar-refractivity contribution in [1.29, 1.82) is 0 Å². The van der Waals surface area contributed by atoms with Gasteiger partial charge in [0, 0.05) is 36.3 Å². The minimum absolute atomic E-state index is 0.0830. The van der Waals surface area contributed by atoms with Crippen molar-refractivity contribution >= 4 is 44.7 Å². The van der Waals surface area contributed by atoms with Crippen molar-refractivity contribution in [2.75, 3.05) is 36.9 Å². The monoisotopic (exact) mass is 411 g/mol. The van der Waals surface area contributed by atoms with Crippen LogP contribution in [0.15, 0.2) is 24.3 Å². The topological polar surface area (TPSA) is 79.4 Å². The lowest BCUT2D eigenvalue weighted by atomic mass is 10.2. The lowest BCUT2D eigenvalue weighted by Crippen LogP contribution is -2.36. The molecule has 0 aliphatic carbocycles. The summed E-state index contributed by atoms with van der Waals surface area (Å²) in [4.78, 5) is 25.5. The van der Waals surface area contributed by atoms with Crippen LogP contribution in [-0.4, -0.2) is 47.1 Å². The van der Waals surface area contributed by atoms with Gasteiger partial charge in [-0.15, -0.1) is 11.3 Å². The first-order chi connectivity index (χ1) is 14.0. The number of carbonyl (C=O) groups is 1. The van der Waals surface area contributed by atoms with Gasteiger partial charge in [0.05, 0.1) is 25.1 Å². The van der Waals surface area contributed by atoms with E-state index in [0.717, 1.165) is 59.5 Å². The second-order valence-corrected chi connectivity index (χ2v) is 8.43. The van der Waals surface area contributed by atoms with E-state index in [9.17, 15) is 4.79 Å². The van der Waals surface area contributed by atoms with Crippen molar-refractivity contribution < 1.29 is 9.53 Å². The quantitative estimate of drug-likeness (QED) is 0.664. The Labute approximate surface area is 174 Å². The standard InChI is InChI=1S/C21H25N5O2S/c1-13-14(2)29-21-19(13)20(23-17-6-4-16(5-7-17)22-15(3)27)24-18(25-21)12-26-8-10-28-11-9-26/h4-7H,8-12H2,1-3H3,(H,22,27)(H,23,24,25). The van der Waals surface area contributed by atoms with Crippen molar-refractivity contribution in [1.82, 2.24) is 14.9 Å². The van der Waals surface area contributed by atoms with Crippen LogP contribution in [0.2, 0.25) is 0 Å². The van der Waals surface area contributed by atoms with Gasteiger partial charge in [0.15, 0.2) is 0 Å². The van der Waals surface area contributed by atoms with E-state index in [-0.39, 0.29) is 5.91 Å². The Bertz CT molecular complexity index is 1030. The number of rotatable bonds is 5. The number of hydrogen-bond donors (Lipinski definition) is 2. The van der Waals surface area contributed by atoms with Gasteiger partial charge in [-0.05, 0) is 43.7 Å². The summed E-state index contributed by atoms with van der Waals surface area (Å²) in [5.74, 6) is 1.56. The molecule has 0 bridgehead atoms. The molecule has 1 aliphatic heterocycles. The number of amides is 1. The molecule has 0 saturated carbocycles. The largest absolute Gasteiger partial charge is 0.379 e. The number of benzene rings is 1. The maximum absolute atomic E-state index is 11.2. The zero-order valence-electron chi connectivity index (χ0n) is 16.9. The number of aromatic nitrogens is 2. The van der Waals surface area contributed by atoms with E-state index in [1.165, 1.54) is 17.4 Å². The summed E-state index contributed by atoms with van der Waals surface area (Å²) in [5, 5.41) is 7.32. The minimum Gasteiger partial charge on any atom is -0.379 e. The number of hydrogen-bond acceptors (Lipinski definition) is 7. The Morgan fingerprint density at radius 1 is 1.14 bits per heavy atom. The van der Waals surface area contributed by atoms with Gasteiger partial charge in [0.2, 0.25) is 5.91 Å². The van der Waals surface area contributed by atoms with Crippen molar-refractivity contribution in [2.45, 2.75) is 27.3 Å². The van der Waals surface area contributed by atoms with Gasteiger partial charge in [-0.3, -0.25) is 9.69 Å². The average Bonchev–Trinajstić information content (AvgIpc) is 2.98. The molecule has 1 amide bonds. The molecule has 1 aliphatic rings. The highest BCUT2D eigenvalue weighted by Gasteiger charge is 2.18. The molecule has 7 nitrogen and oxygen atoms in total. The number of carbonyl (C=O) groups excluding carboxylic acids is 1. The number of nitrogens with one attached hydrogen (secondary N) is 2. The van der Waals surface area contributed by atoms with Crippen LogP contribution in [0, 0.1) is 13.8 Å². The molecule has 0 spiro atoms. The summed E-state index contributed by atoms with van der Waals surface area (Å²) in [5.41, 5.74) is 2.89. The number of fused-ring (bicyclic) bond motifs is 1. The average molecular weight is 412 g/mol. The molecule has 29 heavy (non-hydrogen) atoms. The molecule has 2 N–H and O–H groups in total. The Morgan fingerprint density at radius 2 is 1.83 bits per heavy atom. The van der Waals surface area contributed by atoms with E-state index in [1.807, 2.05) is 24.3 Å². The first-order valence-corrected chi connectivity index (χ1v) is 10.5. The third-order valence-corrected chi connectivity index (χ3v) is 6.11. The molecule has 0 unspecified atom stereocenters. The molecule has 152 valence electrons. The molecule has 8 heteroatoms. The van der Waals surface area contributed by atoms with Gasteiger partial charge >= 0.3 is 0 Å². The van der Waals surface area contributed by atoms with Crippen LogP contribution >= 0.6 is 11.3 Å². The second kappa shape index (κ2) is 8.44. The highest BCUT2D eigenvalue weighted by Crippen LogP contribution is 2.34. The molecule has 1 fully saturated rings. The molecule has 1 saturated heterocycles. The lowest BCUT2D eigenvalue weighted by Gasteiger charge is -2.25. The normalized spacial score (nSPS) is 14.9. The van der Waals surface area contributed by atoms with Crippen LogP contribution in [-0.2, 0) is 16.1 Å². The highest BCUT2D eigenvalue weighted by molar-refractivity contribution is 7.18. The Balaban J connectivity index is 1.64. The van der Waals surface area contributed by atoms with Crippen LogP contribution < -0.4 is 10.6 Å². The number of morpholine rings is 1. The first-order valence-electron chi connectivity index (χ1n) is 9.71. The molecule has 0 atom stereocenters. The first kappa shape index (κ1) is 19.8. The predicted octanol–water partition coefficient (Wildman–Crippen LogP) is 3.84. The van der Waals surface area contributed by atoms with Gasteiger partial charge in [0.25, 0.3) is 0 Å². The summed E-state index contributed by atoms with van der Waals surface area (Å²) >= 11 is 1.71. The molecular weight excluding hydrogens is 386 g/mol. The van der Waals surface area contributed by atoms with Crippen molar-refractivity contribution in [2.24, 2.45) is 0 Å². The zero-order valence-corrected chi connectivity index (χ0v) is 17.7. The van der Waals surface area contributed by atoms with Crippen LogP contribution in [0.5, 0.6) is 0 Å². The number of ether oxygens (including phenoxy) is 1. The Hall–Kier alpha value is -2.55. The number of anilines is 3. The van der Waals surface area contributed by atoms with E-state index in [2.05, 4.69) is 29.4 Å². The Kier molecular flexibility index (Phi) is 5.75. The lowest BCUT2D eigenvalue weighted by molar-refractivity contribution is -0.114. The molecule has 4 rings (SSSR count). The highest BCUT2D eigenvalue weighted by atomic mass is 32.1. The molecule has 3 aromatic rings. The van der Waals surface area contributed by atoms with Crippen LogP contribution in [0.3, 0.4) is 0 Å². The number of thiophene rings is 1. The maximum atomic E-state index is 11.2. The van der Waals surface area contributed by atoms with E-state index in [0.29, 0.717) is 6.54 Å². The summed E-state index contributed by atoms with van der Waals surface area (Å²) in [6.07, 6.45) is 0. The smallest absolute Gasteiger partial charge is 0.221 e. The molecule has 1 aromatic carbocycles. The van der Waals surface area contributed by atoms with Gasteiger partial charge in [-0.2, -0.15) is 0 Å². The van der Waals surface area contributed by atoms with Gasteiger partial charge in [-0.25, -0.2) is 9.97 Å². The van der Waals surface area contributed by atoms with Gasteiger partial charge in [-0.1, -0.05) is 0 Å². The van der Waals surface area contributed by atoms with Crippen LogP contribution in [0.1, 0.15) is 23.2 Å². The summed E-state index contributed by atoms with van der Waals surface area (Å²) < 4.78 is 5.44. The zero-order chi connectivity index (χ0) is 20.4. The third-order valence-electron chi connectivity index (χ3n) is 5.01. The maximum Gasteiger partial charge on any atom is 0.221 e. The van der Waals surface area contributed by atoms with Crippen molar-refractivity contribution in [3.8, 4) is 0 Å². The minimum atomic E-state index is -0.0830. The predicted molar refractivity (Wildman–Crippen MR) is 117 cm³/mol. The fourth-order valence-corrected chi connectivity index (χ4v) is 4.44. The summed E-state index contributed by atoms with van der Waals surface area (Å²) in [6.45, 7) is 9.76. The van der Waals surface area contributed by atoms with Gasteiger partial charge < -0.3 is 15.4 Å². The van der Waals surface area contributed by atoms with E-state index < -0.39 is 0 Å². The van der Waals surface area contributed by atoms with Crippen molar-refractivity contribution in [3.05, 3.63) is 40.5 Å². The third kappa shape index (κ3) is 4.55. The second-order valence-electron chi connectivity index (χ2n) is 7.22. The number of nitrogens with zero attached hydrogens (tertiary/aromatic N) is 3. The molecule has 3 heterocycles. The fraction of sp³-hybridized carbons (Fsp3) is 0.381. The Morgan fingerprint density at radius 3 is 2.52 bits per heavy atom. The van der Waals surface area contributed by atoms with Crippen molar-refractivity contribution in [3.63, 3.8) is 0 Å². The summed E-state index contributed by atoms with van der Waals surface area (Å²) in [7, 11) is 0. The summed E-state index contributed by atoms with van der Waals surface area (Å²) in [6, 6.07) is 7.63. The SMILES string of the molecule is CC(=O)Nc1ccc(Nc2nc(CN3CCOCC3)nc3sc(C)c(C)c23)cc1. The molecular formula is C21H25N5O2S. The molecule has 2 aromatic heterocycles. The van der Waals surface area contributed by atoms with E-state index >= 15 is 0 Å². The van der Waals surface area contributed by atoms with E-state index in [1.54, 1.807) is 11.3 Å². The van der Waals surface area contributed by atoms with Crippen LogP contribution in [0.4, 0.5) is 17.2 Å². The van der Waals surface area contributed by atoms with E-state index in [4.69, 9.17) is 14.7 Å². The van der Waals surface area contributed by atoms with Crippen LogP contribution in [0.25, 0.3) is 10.2 Å². The number of aryl methyl sites for hydroxylation is 2.